The van der Waals surface area contributed by atoms with Crippen molar-refractivity contribution in [1.82, 2.24) is 4.72 Å². The minimum Gasteiger partial charge on any atom is -0.267 e. The van der Waals surface area contributed by atoms with E-state index >= 15 is 0 Å². The molecule has 1 N–H and O–H groups in total. The molecule has 1 aromatic carbocycles. The molecule has 0 amide bonds. The molecular formula is C13H17ClN2O2S. The van der Waals surface area contributed by atoms with Gasteiger partial charge in [0.1, 0.15) is 5.84 Å². The van der Waals surface area contributed by atoms with Crippen molar-refractivity contribution >= 4 is 27.5 Å². The minimum absolute atomic E-state index is 0.308. The largest absolute Gasteiger partial charge is 0.267 e. The highest BCUT2D eigenvalue weighted by Crippen LogP contribution is 2.22. The maximum Gasteiger partial charge on any atom is 0.263 e. The first-order valence-corrected chi connectivity index (χ1v) is 8.29. The van der Waals surface area contributed by atoms with E-state index in [-0.39, 0.29) is 0 Å². The van der Waals surface area contributed by atoms with Gasteiger partial charge in [0.15, 0.2) is 0 Å². The normalized spacial score (nSPS) is 20.0. The maximum atomic E-state index is 11.8. The van der Waals surface area contributed by atoms with Gasteiger partial charge in [0.05, 0.1) is 4.90 Å². The van der Waals surface area contributed by atoms with Gasteiger partial charge < -0.3 is 0 Å². The summed E-state index contributed by atoms with van der Waals surface area (Å²) < 4.78 is 26.2. The standard InChI is InChI=1S/C13H17ClN2O2S/c1-10(9-14)5-4-8-15-13-11-6-2-3-7-12(11)19(17,18)16-13/h2-3,6-7,10H,4-5,8-9H2,1H3,(H,15,16). The summed E-state index contributed by atoms with van der Waals surface area (Å²) in [7, 11) is -3.41. The third kappa shape index (κ3) is 3.28. The lowest BCUT2D eigenvalue weighted by molar-refractivity contribution is 0.567. The fourth-order valence-electron chi connectivity index (χ4n) is 1.96. The highest BCUT2D eigenvalue weighted by Gasteiger charge is 2.29. The summed E-state index contributed by atoms with van der Waals surface area (Å²) >= 11 is 5.73. The molecule has 1 heterocycles. The van der Waals surface area contributed by atoms with Crippen molar-refractivity contribution in [1.29, 1.82) is 0 Å². The van der Waals surface area contributed by atoms with Crippen LogP contribution in [0.15, 0.2) is 34.2 Å². The van der Waals surface area contributed by atoms with Gasteiger partial charge >= 0.3 is 0 Å². The molecule has 0 bridgehead atoms. The van der Waals surface area contributed by atoms with Crippen LogP contribution < -0.4 is 4.72 Å². The van der Waals surface area contributed by atoms with Gasteiger partial charge in [-0.2, -0.15) is 0 Å². The SMILES string of the molecule is CC(CCl)CCCN=C1NS(=O)(=O)c2ccccc21. The summed E-state index contributed by atoms with van der Waals surface area (Å²) in [5.41, 5.74) is 0.660. The Morgan fingerprint density at radius 2 is 2.11 bits per heavy atom. The number of aliphatic imine (C=N–C) groups is 1. The molecule has 0 saturated heterocycles. The van der Waals surface area contributed by atoms with Crippen LogP contribution in [0.2, 0.25) is 0 Å². The highest BCUT2D eigenvalue weighted by molar-refractivity contribution is 7.90. The molecule has 1 aliphatic rings. The Bertz CT molecular complexity index is 584. The van der Waals surface area contributed by atoms with E-state index in [1.165, 1.54) is 0 Å². The molecule has 1 aromatic rings. The van der Waals surface area contributed by atoms with Crippen LogP contribution in [-0.4, -0.2) is 26.7 Å². The van der Waals surface area contributed by atoms with E-state index in [2.05, 4.69) is 16.6 Å². The van der Waals surface area contributed by atoms with Crippen LogP contribution in [0.25, 0.3) is 0 Å². The van der Waals surface area contributed by atoms with Crippen LogP contribution in [0, 0.1) is 5.92 Å². The van der Waals surface area contributed by atoms with Crippen LogP contribution >= 0.6 is 11.6 Å². The second-order valence-corrected chi connectivity index (χ2v) is 6.69. The van der Waals surface area contributed by atoms with Gasteiger partial charge in [-0.25, -0.2) is 8.42 Å². The van der Waals surface area contributed by atoms with Gasteiger partial charge in [0, 0.05) is 18.0 Å². The van der Waals surface area contributed by atoms with E-state index in [9.17, 15) is 8.42 Å². The van der Waals surface area contributed by atoms with E-state index < -0.39 is 10.0 Å². The van der Waals surface area contributed by atoms with Crippen molar-refractivity contribution in [3.8, 4) is 0 Å². The van der Waals surface area contributed by atoms with Crippen molar-refractivity contribution < 1.29 is 8.42 Å². The Morgan fingerprint density at radius 3 is 2.84 bits per heavy atom. The Balaban J connectivity index is 2.07. The summed E-state index contributed by atoms with van der Waals surface area (Å²) in [6.45, 7) is 2.70. The number of sulfonamides is 1. The smallest absolute Gasteiger partial charge is 0.263 e. The number of amidine groups is 1. The number of hydrogen-bond donors (Lipinski definition) is 1. The van der Waals surface area contributed by atoms with Crippen molar-refractivity contribution in [2.75, 3.05) is 12.4 Å². The Labute approximate surface area is 118 Å². The second kappa shape index (κ2) is 5.92. The van der Waals surface area contributed by atoms with E-state index in [0.717, 1.165) is 12.8 Å². The van der Waals surface area contributed by atoms with Crippen LogP contribution in [0.5, 0.6) is 0 Å². The number of halogens is 1. The molecule has 19 heavy (non-hydrogen) atoms. The number of nitrogens with zero attached hydrogens (tertiary/aromatic N) is 1. The summed E-state index contributed by atoms with van der Waals surface area (Å²) in [6.07, 6.45) is 1.90. The molecule has 0 fully saturated rings. The molecule has 104 valence electrons. The first kappa shape index (κ1) is 14.3. The molecule has 2 rings (SSSR count). The van der Waals surface area contributed by atoms with E-state index in [4.69, 9.17) is 11.6 Å². The molecule has 0 aromatic heterocycles. The van der Waals surface area contributed by atoms with E-state index in [0.29, 0.717) is 34.6 Å². The fraction of sp³-hybridized carbons (Fsp3) is 0.462. The number of rotatable bonds is 5. The number of benzene rings is 1. The molecule has 0 saturated carbocycles. The van der Waals surface area contributed by atoms with Crippen LogP contribution in [0.1, 0.15) is 25.3 Å². The third-order valence-electron chi connectivity index (χ3n) is 3.05. The topological polar surface area (TPSA) is 58.5 Å². The van der Waals surface area contributed by atoms with Gasteiger partial charge in [-0.05, 0) is 30.9 Å². The van der Waals surface area contributed by atoms with Gasteiger partial charge in [-0.1, -0.05) is 19.1 Å². The van der Waals surface area contributed by atoms with Gasteiger partial charge in [0.2, 0.25) is 0 Å². The molecule has 1 unspecified atom stereocenters. The van der Waals surface area contributed by atoms with Crippen molar-refractivity contribution in [3.63, 3.8) is 0 Å². The predicted molar refractivity (Wildman–Crippen MR) is 77.3 cm³/mol. The molecule has 1 aliphatic heterocycles. The number of alkyl halides is 1. The Hall–Kier alpha value is -1.07. The molecule has 0 radical (unpaired) electrons. The zero-order valence-corrected chi connectivity index (χ0v) is 12.3. The molecule has 0 aliphatic carbocycles. The summed E-state index contributed by atoms with van der Waals surface area (Å²) in [6, 6.07) is 6.89. The highest BCUT2D eigenvalue weighted by atomic mass is 35.5. The summed E-state index contributed by atoms with van der Waals surface area (Å²) in [4.78, 5) is 4.66. The molecule has 1 atom stereocenters. The zero-order chi connectivity index (χ0) is 13.9. The molecular weight excluding hydrogens is 284 g/mol. The van der Waals surface area contributed by atoms with Gasteiger partial charge in [-0.15, -0.1) is 11.6 Å². The van der Waals surface area contributed by atoms with E-state index in [1.807, 2.05) is 6.07 Å². The quantitative estimate of drug-likeness (QED) is 0.670. The lowest BCUT2D eigenvalue weighted by Crippen LogP contribution is -2.22. The molecule has 6 heteroatoms. The van der Waals surface area contributed by atoms with Crippen molar-refractivity contribution in [2.45, 2.75) is 24.7 Å². The predicted octanol–water partition coefficient (Wildman–Crippen LogP) is 2.38. The lowest BCUT2D eigenvalue weighted by atomic mass is 10.1. The molecule has 4 nitrogen and oxygen atoms in total. The second-order valence-electron chi connectivity index (χ2n) is 4.73. The van der Waals surface area contributed by atoms with Gasteiger partial charge in [0.25, 0.3) is 10.0 Å². The van der Waals surface area contributed by atoms with Crippen molar-refractivity contribution in [3.05, 3.63) is 29.8 Å². The number of fused-ring (bicyclic) bond motifs is 1. The average molecular weight is 301 g/mol. The van der Waals surface area contributed by atoms with E-state index in [1.54, 1.807) is 18.2 Å². The minimum atomic E-state index is -3.41. The molecule has 0 spiro atoms. The van der Waals surface area contributed by atoms with Crippen LogP contribution in [0.3, 0.4) is 0 Å². The summed E-state index contributed by atoms with van der Waals surface area (Å²) in [5, 5.41) is 0. The number of hydrogen-bond acceptors (Lipinski definition) is 3. The fourth-order valence-corrected chi connectivity index (χ4v) is 3.36. The van der Waals surface area contributed by atoms with Crippen molar-refractivity contribution in [2.24, 2.45) is 10.9 Å². The summed E-state index contributed by atoms with van der Waals surface area (Å²) in [5.74, 6) is 1.56. The van der Waals surface area contributed by atoms with Crippen LogP contribution in [0.4, 0.5) is 0 Å². The Morgan fingerprint density at radius 1 is 1.37 bits per heavy atom. The monoisotopic (exact) mass is 300 g/mol. The zero-order valence-electron chi connectivity index (χ0n) is 10.8. The van der Waals surface area contributed by atoms with Gasteiger partial charge in [-0.3, -0.25) is 9.71 Å². The lowest BCUT2D eigenvalue weighted by Gasteiger charge is -2.05. The van der Waals surface area contributed by atoms with Crippen LogP contribution in [-0.2, 0) is 10.0 Å². The first-order valence-electron chi connectivity index (χ1n) is 6.27. The third-order valence-corrected chi connectivity index (χ3v) is 4.98. The number of nitrogens with one attached hydrogen (secondary N) is 1. The average Bonchev–Trinajstić information content (AvgIpc) is 2.67. The maximum absolute atomic E-state index is 11.8. The Kier molecular flexibility index (Phi) is 4.47. The first-order chi connectivity index (χ1) is 9.04.